The van der Waals surface area contributed by atoms with Crippen LogP contribution >= 0.6 is 0 Å². The Labute approximate surface area is 99.3 Å². The van der Waals surface area contributed by atoms with Crippen molar-refractivity contribution >= 4 is 0 Å². The van der Waals surface area contributed by atoms with E-state index in [0.29, 0.717) is 12.1 Å². The van der Waals surface area contributed by atoms with Crippen molar-refractivity contribution in [2.75, 3.05) is 0 Å². The molecule has 2 N–H and O–H groups in total. The lowest BCUT2D eigenvalue weighted by atomic mass is 10.0. The maximum atomic E-state index is 13.8. The van der Waals surface area contributed by atoms with Gasteiger partial charge >= 0.3 is 0 Å². The van der Waals surface area contributed by atoms with Gasteiger partial charge in [-0.3, -0.25) is 0 Å². The first-order valence-electron chi connectivity index (χ1n) is 5.60. The standard InChI is InChI=1S/C12H15FN4/c1-2-10(14)6-9-4-3-5-11(13)12(9)17-8-15-7-16-17/h3-5,7-8,10H,2,6,14H2,1H3. The van der Waals surface area contributed by atoms with E-state index in [1.54, 1.807) is 6.07 Å². The van der Waals surface area contributed by atoms with E-state index < -0.39 is 0 Å². The highest BCUT2D eigenvalue weighted by atomic mass is 19.1. The average molecular weight is 234 g/mol. The molecule has 5 heteroatoms. The number of benzene rings is 1. The van der Waals surface area contributed by atoms with Gasteiger partial charge < -0.3 is 5.73 Å². The zero-order valence-corrected chi connectivity index (χ0v) is 9.68. The minimum absolute atomic E-state index is 0.0269. The van der Waals surface area contributed by atoms with Crippen LogP contribution in [0, 0.1) is 5.82 Å². The fourth-order valence-electron chi connectivity index (χ4n) is 1.73. The van der Waals surface area contributed by atoms with E-state index in [4.69, 9.17) is 5.73 Å². The third-order valence-electron chi connectivity index (χ3n) is 2.72. The van der Waals surface area contributed by atoms with E-state index in [0.717, 1.165) is 12.0 Å². The van der Waals surface area contributed by atoms with Crippen molar-refractivity contribution in [2.45, 2.75) is 25.8 Å². The van der Waals surface area contributed by atoms with Crippen molar-refractivity contribution in [3.63, 3.8) is 0 Å². The van der Waals surface area contributed by atoms with Crippen LogP contribution in [0.2, 0.25) is 0 Å². The van der Waals surface area contributed by atoms with Gasteiger partial charge in [-0.2, -0.15) is 5.10 Å². The van der Waals surface area contributed by atoms with Crippen LogP contribution in [0.5, 0.6) is 0 Å². The quantitative estimate of drug-likeness (QED) is 0.875. The molecule has 1 unspecified atom stereocenters. The molecular weight excluding hydrogens is 219 g/mol. The zero-order valence-electron chi connectivity index (χ0n) is 9.68. The predicted octanol–water partition coefficient (Wildman–Crippen LogP) is 1.69. The van der Waals surface area contributed by atoms with E-state index >= 15 is 0 Å². The first-order chi connectivity index (χ1) is 8.22. The molecule has 0 spiro atoms. The third-order valence-corrected chi connectivity index (χ3v) is 2.72. The summed E-state index contributed by atoms with van der Waals surface area (Å²) in [5.41, 5.74) is 7.20. The number of para-hydroxylation sites is 1. The van der Waals surface area contributed by atoms with Gasteiger partial charge in [0.2, 0.25) is 0 Å². The summed E-state index contributed by atoms with van der Waals surface area (Å²) in [5.74, 6) is -0.309. The van der Waals surface area contributed by atoms with Crippen LogP contribution in [0.1, 0.15) is 18.9 Å². The molecule has 0 aliphatic rings. The van der Waals surface area contributed by atoms with Gasteiger partial charge in [0.25, 0.3) is 0 Å². The molecule has 0 saturated carbocycles. The minimum Gasteiger partial charge on any atom is -0.327 e. The number of rotatable bonds is 4. The van der Waals surface area contributed by atoms with Crippen LogP contribution in [0.4, 0.5) is 4.39 Å². The number of nitrogens with two attached hydrogens (primary N) is 1. The lowest BCUT2D eigenvalue weighted by Gasteiger charge is -2.13. The van der Waals surface area contributed by atoms with Gasteiger partial charge in [-0.15, -0.1) is 0 Å². The Bertz CT molecular complexity index is 481. The summed E-state index contributed by atoms with van der Waals surface area (Å²) in [6, 6.07) is 5.00. The van der Waals surface area contributed by atoms with E-state index in [9.17, 15) is 4.39 Å². The minimum atomic E-state index is -0.309. The molecule has 0 aliphatic carbocycles. The number of halogens is 1. The van der Waals surface area contributed by atoms with Gasteiger partial charge in [-0.05, 0) is 24.5 Å². The van der Waals surface area contributed by atoms with Gasteiger partial charge in [0.1, 0.15) is 24.2 Å². The van der Waals surface area contributed by atoms with Crippen LogP contribution in [0.25, 0.3) is 5.69 Å². The summed E-state index contributed by atoms with van der Waals surface area (Å²) in [4.78, 5) is 3.83. The summed E-state index contributed by atoms with van der Waals surface area (Å²) >= 11 is 0. The van der Waals surface area contributed by atoms with Crippen LogP contribution in [-0.4, -0.2) is 20.8 Å². The van der Waals surface area contributed by atoms with E-state index in [-0.39, 0.29) is 11.9 Å². The Hall–Kier alpha value is -1.75. The first-order valence-corrected chi connectivity index (χ1v) is 5.60. The van der Waals surface area contributed by atoms with E-state index in [1.165, 1.54) is 23.4 Å². The normalized spacial score (nSPS) is 12.6. The molecule has 0 saturated heterocycles. The molecule has 0 fully saturated rings. The Morgan fingerprint density at radius 2 is 2.29 bits per heavy atom. The highest BCUT2D eigenvalue weighted by molar-refractivity contribution is 5.41. The molecule has 4 nitrogen and oxygen atoms in total. The molecule has 0 amide bonds. The highest BCUT2D eigenvalue weighted by Crippen LogP contribution is 2.19. The smallest absolute Gasteiger partial charge is 0.149 e. The second-order valence-electron chi connectivity index (χ2n) is 3.96. The second kappa shape index (κ2) is 5.05. The van der Waals surface area contributed by atoms with Crippen LogP contribution < -0.4 is 5.73 Å². The summed E-state index contributed by atoms with van der Waals surface area (Å²) in [5, 5.41) is 3.97. The molecule has 1 atom stereocenters. The van der Waals surface area contributed by atoms with Crippen LogP contribution in [0.3, 0.4) is 0 Å². The lowest BCUT2D eigenvalue weighted by molar-refractivity contribution is 0.596. The van der Waals surface area contributed by atoms with Crippen molar-refractivity contribution in [1.29, 1.82) is 0 Å². The second-order valence-corrected chi connectivity index (χ2v) is 3.96. The van der Waals surface area contributed by atoms with Gasteiger partial charge in [0.15, 0.2) is 0 Å². The van der Waals surface area contributed by atoms with Crippen LogP contribution in [-0.2, 0) is 6.42 Å². The first kappa shape index (κ1) is 11.7. The molecule has 1 heterocycles. The molecule has 0 aliphatic heterocycles. The molecule has 2 aromatic rings. The van der Waals surface area contributed by atoms with Gasteiger partial charge in [0.05, 0.1) is 0 Å². The molecule has 1 aromatic heterocycles. The average Bonchev–Trinajstić information content (AvgIpc) is 2.82. The summed E-state index contributed by atoms with van der Waals surface area (Å²) in [7, 11) is 0. The Kier molecular flexibility index (Phi) is 3.49. The zero-order chi connectivity index (χ0) is 12.3. The fourth-order valence-corrected chi connectivity index (χ4v) is 1.73. The maximum Gasteiger partial charge on any atom is 0.149 e. The number of hydrogen-bond donors (Lipinski definition) is 1. The Morgan fingerprint density at radius 3 is 2.94 bits per heavy atom. The third kappa shape index (κ3) is 2.50. The molecule has 90 valence electrons. The fraction of sp³-hybridized carbons (Fsp3) is 0.333. The Morgan fingerprint density at radius 1 is 1.47 bits per heavy atom. The van der Waals surface area contributed by atoms with Gasteiger partial charge in [-0.25, -0.2) is 14.1 Å². The number of nitrogens with zero attached hydrogens (tertiary/aromatic N) is 3. The monoisotopic (exact) mass is 234 g/mol. The number of aromatic nitrogens is 3. The molecule has 1 aromatic carbocycles. The molecule has 17 heavy (non-hydrogen) atoms. The molecule has 2 rings (SSSR count). The van der Waals surface area contributed by atoms with Gasteiger partial charge in [0, 0.05) is 6.04 Å². The van der Waals surface area contributed by atoms with Crippen molar-refractivity contribution < 1.29 is 4.39 Å². The van der Waals surface area contributed by atoms with Crippen molar-refractivity contribution in [1.82, 2.24) is 14.8 Å². The summed E-state index contributed by atoms with van der Waals surface area (Å²) in [6.07, 6.45) is 4.35. The topological polar surface area (TPSA) is 56.7 Å². The highest BCUT2D eigenvalue weighted by Gasteiger charge is 2.13. The summed E-state index contributed by atoms with van der Waals surface area (Å²) in [6.45, 7) is 2.01. The maximum absolute atomic E-state index is 13.8. The lowest BCUT2D eigenvalue weighted by Crippen LogP contribution is -2.22. The van der Waals surface area contributed by atoms with Crippen molar-refractivity contribution in [2.24, 2.45) is 5.73 Å². The van der Waals surface area contributed by atoms with E-state index in [1.807, 2.05) is 13.0 Å². The largest absolute Gasteiger partial charge is 0.327 e. The van der Waals surface area contributed by atoms with Gasteiger partial charge in [-0.1, -0.05) is 19.1 Å². The van der Waals surface area contributed by atoms with E-state index in [2.05, 4.69) is 10.1 Å². The molecular formula is C12H15FN4. The molecule has 0 radical (unpaired) electrons. The van der Waals surface area contributed by atoms with Crippen molar-refractivity contribution in [3.05, 3.63) is 42.2 Å². The predicted molar refractivity (Wildman–Crippen MR) is 63.3 cm³/mol. The summed E-state index contributed by atoms with van der Waals surface area (Å²) < 4.78 is 15.3. The SMILES string of the molecule is CCC(N)Cc1cccc(F)c1-n1cncn1. The van der Waals surface area contributed by atoms with Crippen molar-refractivity contribution in [3.8, 4) is 5.69 Å². The number of hydrogen-bond acceptors (Lipinski definition) is 3. The Balaban J connectivity index is 2.42. The van der Waals surface area contributed by atoms with Crippen LogP contribution in [0.15, 0.2) is 30.9 Å². The molecule has 0 bridgehead atoms.